The number of para-hydroxylation sites is 2. The first-order valence-electron chi connectivity index (χ1n) is 26.3. The zero-order valence-electron chi connectivity index (χ0n) is 44.8. The number of β-amino-alcohol motifs (C(OH)–C–C–N with tert-alkyl or cyclic N) is 1. The zero-order chi connectivity index (χ0) is 55.0. The molecule has 0 saturated carbocycles. The van der Waals surface area contributed by atoms with E-state index < -0.39 is 33.6 Å². The predicted octanol–water partition coefficient (Wildman–Crippen LogP) is 7.54. The number of piperidine rings is 1. The minimum atomic E-state index is -3.53. The number of halogens is 2. The van der Waals surface area contributed by atoms with Gasteiger partial charge in [0.15, 0.2) is 5.82 Å². The van der Waals surface area contributed by atoms with E-state index in [0.717, 1.165) is 97.3 Å². The molecule has 22 heteroatoms. The van der Waals surface area contributed by atoms with Crippen LogP contribution in [-0.4, -0.2) is 151 Å². The van der Waals surface area contributed by atoms with Gasteiger partial charge in [-0.25, -0.2) is 22.8 Å². The topological polar surface area (TPSA) is 209 Å². The Hall–Kier alpha value is -5.97. The molecule has 8 rings (SSSR count). The van der Waals surface area contributed by atoms with Crippen molar-refractivity contribution >= 4 is 85.2 Å². The van der Waals surface area contributed by atoms with Crippen molar-refractivity contribution in [2.75, 3.05) is 85.5 Å². The van der Waals surface area contributed by atoms with Crippen LogP contribution in [0.5, 0.6) is 0 Å². The van der Waals surface area contributed by atoms with Gasteiger partial charge in [-0.05, 0) is 92.4 Å². The zero-order valence-corrected chi connectivity index (χ0v) is 47.2. The fraction of sp³-hybridized carbons (Fsp3) is 0.491. The number of carbonyl (C=O) groups excluding carboxylic acids is 3. The molecule has 5 heterocycles. The summed E-state index contributed by atoms with van der Waals surface area (Å²) in [6.07, 6.45) is 5.78. The summed E-state index contributed by atoms with van der Waals surface area (Å²) in [6.45, 7) is 14.3. The third-order valence-corrected chi connectivity index (χ3v) is 17.2. The number of aryl methyl sites for hydroxylation is 1. The molecule has 0 unspecified atom stereocenters. The van der Waals surface area contributed by atoms with Crippen LogP contribution in [0.25, 0.3) is 10.4 Å². The van der Waals surface area contributed by atoms with Crippen LogP contribution in [-0.2, 0) is 31.0 Å². The van der Waals surface area contributed by atoms with Crippen LogP contribution in [0.4, 0.5) is 38.9 Å². The van der Waals surface area contributed by atoms with Crippen LogP contribution in [0.15, 0.2) is 78.4 Å². The average Bonchev–Trinajstić information content (AvgIpc) is 4.01. The molecule has 18 nitrogen and oxygen atoms in total. The van der Waals surface area contributed by atoms with Crippen LogP contribution < -0.4 is 30.5 Å². The number of nitrogens with one attached hydrogen (secondary N) is 4. The quantitative estimate of drug-likeness (QED) is 0.0478. The Kier molecular flexibility index (Phi) is 18.7. The molecule has 3 saturated heterocycles. The second-order valence-corrected chi connectivity index (χ2v) is 24.7. The maximum atomic E-state index is 15.7. The molecular formula is C55H72ClFN12O6S2. The standard InChI is InChI=1S/C55H72ClFN12O6S2/c1-36-50(76-35-60-36)38-16-14-37(15-17-38)32-58-49(72)31-41-30-42(70)34-69(41)53(73)51(55(2,3)4)63-48(71)13-9-10-22-66-25-27-67(28-26-66)40-20-23-68(24-21-40)46-19-18-39(29-44(46)57)61-54-59-33-43(56)52(64-54)62-45-11-7-8-12-47(45)65(5)77(6,74)75/h7-8,11-12,14-19,29,33,35,40-42,51,70H,9-10,13,20-28,30-32,34H2,1-6H3,(H,58,72)(H,63,71)(H2,59,61,62,64)/t41-,42-,51-/m1/s1. The number of nitrogens with zero attached hydrogens (tertiary/aromatic N) is 8. The number of rotatable bonds is 20. The van der Waals surface area contributed by atoms with E-state index in [2.05, 4.69) is 50.9 Å². The molecule has 0 spiro atoms. The van der Waals surface area contributed by atoms with Crippen molar-refractivity contribution in [2.45, 2.75) is 103 Å². The second kappa shape index (κ2) is 25.2. The number of aromatic nitrogens is 3. The fourth-order valence-corrected chi connectivity index (χ4v) is 11.8. The summed E-state index contributed by atoms with van der Waals surface area (Å²) in [6, 6.07) is 19.0. The van der Waals surface area contributed by atoms with Gasteiger partial charge in [0.2, 0.25) is 33.7 Å². The highest BCUT2D eigenvalue weighted by Gasteiger charge is 2.42. The van der Waals surface area contributed by atoms with Gasteiger partial charge in [0, 0.05) is 90.0 Å². The third-order valence-electron chi connectivity index (χ3n) is 14.8. The first kappa shape index (κ1) is 57.2. The van der Waals surface area contributed by atoms with E-state index in [9.17, 15) is 27.9 Å². The number of amides is 3. The van der Waals surface area contributed by atoms with Crippen molar-refractivity contribution in [1.29, 1.82) is 0 Å². The highest BCUT2D eigenvalue weighted by atomic mass is 35.5. The number of sulfonamides is 1. The number of anilines is 6. The molecule has 0 aliphatic carbocycles. The summed E-state index contributed by atoms with van der Waals surface area (Å²) >= 11 is 8.02. The summed E-state index contributed by atoms with van der Waals surface area (Å²) < 4.78 is 41.4. The maximum Gasteiger partial charge on any atom is 0.246 e. The molecule has 3 amide bonds. The normalized spacial score (nSPS) is 18.2. The number of piperazine rings is 1. The van der Waals surface area contributed by atoms with Gasteiger partial charge in [-0.2, -0.15) is 4.98 Å². The predicted molar refractivity (Wildman–Crippen MR) is 303 cm³/mol. The van der Waals surface area contributed by atoms with E-state index in [4.69, 9.17) is 11.6 Å². The van der Waals surface area contributed by atoms with Gasteiger partial charge in [-0.1, -0.05) is 68.8 Å². The molecule has 77 heavy (non-hydrogen) atoms. The van der Waals surface area contributed by atoms with E-state index in [1.54, 1.807) is 52.6 Å². The summed E-state index contributed by atoms with van der Waals surface area (Å²) in [5.74, 6) is -0.627. The molecule has 3 fully saturated rings. The Morgan fingerprint density at radius 3 is 2.35 bits per heavy atom. The second-order valence-electron chi connectivity index (χ2n) is 21.5. The Balaban J connectivity index is 0.734. The van der Waals surface area contributed by atoms with Crippen molar-refractivity contribution in [1.82, 2.24) is 40.3 Å². The highest BCUT2D eigenvalue weighted by molar-refractivity contribution is 7.92. The first-order chi connectivity index (χ1) is 36.7. The van der Waals surface area contributed by atoms with Gasteiger partial charge < -0.3 is 41.1 Å². The van der Waals surface area contributed by atoms with Crippen LogP contribution in [0.3, 0.4) is 0 Å². The Morgan fingerprint density at radius 1 is 0.948 bits per heavy atom. The fourth-order valence-electron chi connectivity index (χ4n) is 10.3. The number of hydrogen-bond donors (Lipinski definition) is 5. The SMILES string of the molecule is Cc1ncsc1-c1ccc(CNC(=O)C[C@H]2C[C@@H](O)CN2C(=O)[C@@H](NC(=O)CCCCN2CCN(C3CCN(c4ccc(Nc5ncc(Cl)c(Nc6ccccc6N(C)S(C)(=O)=O)n5)cc4F)CC3)CC2)C(C)(C)C)cc1. The van der Waals surface area contributed by atoms with E-state index in [1.807, 2.05) is 57.5 Å². The number of unbranched alkanes of at least 4 members (excludes halogenated alkanes) is 1. The molecule has 0 bridgehead atoms. The molecule has 2 aromatic heterocycles. The van der Waals surface area contributed by atoms with Crippen LogP contribution in [0.1, 0.15) is 77.0 Å². The Morgan fingerprint density at radius 2 is 1.68 bits per heavy atom. The molecule has 3 aliphatic rings. The number of aliphatic hydroxyl groups is 1. The van der Waals surface area contributed by atoms with Crippen molar-refractivity contribution in [2.24, 2.45) is 5.41 Å². The molecule has 3 atom stereocenters. The smallest absolute Gasteiger partial charge is 0.246 e. The average molecular weight is 1120 g/mol. The molecule has 414 valence electrons. The van der Waals surface area contributed by atoms with E-state index in [0.29, 0.717) is 54.6 Å². The number of aliphatic hydroxyl groups excluding tert-OH is 1. The van der Waals surface area contributed by atoms with E-state index in [-0.39, 0.29) is 53.3 Å². The van der Waals surface area contributed by atoms with Crippen LogP contribution >= 0.6 is 22.9 Å². The van der Waals surface area contributed by atoms with Gasteiger partial charge in [0.1, 0.15) is 16.9 Å². The minimum absolute atomic E-state index is 0.0533. The number of thiazole rings is 1. The molecule has 0 radical (unpaired) electrons. The van der Waals surface area contributed by atoms with Gasteiger partial charge in [0.05, 0.1) is 51.7 Å². The van der Waals surface area contributed by atoms with Gasteiger partial charge in [-0.3, -0.25) is 23.6 Å². The summed E-state index contributed by atoms with van der Waals surface area (Å²) in [7, 11) is -2.07. The summed E-state index contributed by atoms with van der Waals surface area (Å²) in [5, 5.41) is 23.0. The van der Waals surface area contributed by atoms with Crippen molar-refractivity contribution < 1.29 is 32.3 Å². The number of likely N-dealkylation sites (tertiary alicyclic amines) is 1. The van der Waals surface area contributed by atoms with E-state index >= 15 is 4.39 Å². The van der Waals surface area contributed by atoms with Crippen molar-refractivity contribution in [3.8, 4) is 10.4 Å². The lowest BCUT2D eigenvalue weighted by Crippen LogP contribution is -2.56. The lowest BCUT2D eigenvalue weighted by molar-refractivity contribution is -0.141. The van der Waals surface area contributed by atoms with Gasteiger partial charge in [-0.15, -0.1) is 11.3 Å². The summed E-state index contributed by atoms with van der Waals surface area (Å²) in [5.41, 5.74) is 6.10. The van der Waals surface area contributed by atoms with Crippen LogP contribution in [0, 0.1) is 18.2 Å². The Bertz CT molecular complexity index is 2960. The molecule has 3 aliphatic heterocycles. The molecule has 5 aromatic rings. The summed E-state index contributed by atoms with van der Waals surface area (Å²) in [4.78, 5) is 63.6. The van der Waals surface area contributed by atoms with Gasteiger partial charge in [0.25, 0.3) is 0 Å². The largest absolute Gasteiger partial charge is 0.391 e. The Labute approximate surface area is 460 Å². The lowest BCUT2D eigenvalue weighted by Gasteiger charge is -2.43. The van der Waals surface area contributed by atoms with Gasteiger partial charge >= 0.3 is 0 Å². The van der Waals surface area contributed by atoms with Crippen LogP contribution in [0.2, 0.25) is 5.02 Å². The number of benzene rings is 3. The first-order valence-corrected chi connectivity index (χ1v) is 29.4. The minimum Gasteiger partial charge on any atom is -0.391 e. The molecule has 5 N–H and O–H groups in total. The highest BCUT2D eigenvalue weighted by Crippen LogP contribution is 2.34. The molecular weight excluding hydrogens is 1040 g/mol. The monoisotopic (exact) mass is 1110 g/mol. The van der Waals surface area contributed by atoms with Crippen molar-refractivity contribution in [3.63, 3.8) is 0 Å². The third kappa shape index (κ3) is 15.0. The lowest BCUT2D eigenvalue weighted by atomic mass is 9.85. The van der Waals surface area contributed by atoms with E-state index in [1.165, 1.54) is 19.3 Å². The number of hydrogen-bond acceptors (Lipinski definition) is 15. The van der Waals surface area contributed by atoms with Crippen molar-refractivity contribution in [3.05, 3.63) is 101 Å². The maximum absolute atomic E-state index is 15.7. The number of carbonyl (C=O) groups is 3. The molecule has 3 aromatic carbocycles.